The molecule has 0 radical (unpaired) electrons. The van der Waals surface area contributed by atoms with Crippen molar-refractivity contribution in [1.82, 2.24) is 34.5 Å². The Morgan fingerprint density at radius 2 is 1.93 bits per heavy atom. The van der Waals surface area contributed by atoms with Gasteiger partial charge in [0.25, 0.3) is 0 Å². The van der Waals surface area contributed by atoms with E-state index < -0.39 is 6.09 Å². The third kappa shape index (κ3) is 9.15. The molecule has 0 aliphatic heterocycles. The molecular formula is C26H42ClN9O4. The molecule has 40 heavy (non-hydrogen) atoms. The Balaban J connectivity index is 0.00000560. The van der Waals surface area contributed by atoms with Crippen molar-refractivity contribution in [2.75, 3.05) is 65.7 Å². The summed E-state index contributed by atoms with van der Waals surface area (Å²) in [5, 5.41) is 20.1. The highest BCUT2D eigenvalue weighted by atomic mass is 35.5. The molecule has 3 rings (SSSR count). The molecule has 3 aromatic rings. The first-order chi connectivity index (χ1) is 18.8. The molecule has 0 fully saturated rings. The maximum absolute atomic E-state index is 11.8. The minimum absolute atomic E-state index is 0. The lowest BCUT2D eigenvalue weighted by Gasteiger charge is -2.20. The molecule has 3 heterocycles. The second-order valence-corrected chi connectivity index (χ2v) is 9.74. The number of amides is 1. The number of aromatic nitrogens is 5. The number of halogens is 1. The molecule has 0 saturated carbocycles. The second-order valence-electron chi connectivity index (χ2n) is 9.74. The van der Waals surface area contributed by atoms with Gasteiger partial charge in [-0.05, 0) is 45.6 Å². The number of ether oxygens (including phenoxy) is 2. The minimum Gasteiger partial charge on any atom is -0.481 e. The Hall–Kier alpha value is -3.26. The van der Waals surface area contributed by atoms with Crippen LogP contribution in [0.4, 0.5) is 16.6 Å². The molecule has 13 nitrogen and oxygen atoms in total. The zero-order valence-electron chi connectivity index (χ0n) is 24.2. The van der Waals surface area contributed by atoms with E-state index in [1.807, 2.05) is 6.20 Å². The van der Waals surface area contributed by atoms with Crippen LogP contribution in [0.3, 0.4) is 0 Å². The molecule has 3 aromatic heterocycles. The molecule has 0 unspecified atom stereocenters. The van der Waals surface area contributed by atoms with Crippen molar-refractivity contribution in [3.63, 3.8) is 0 Å². The van der Waals surface area contributed by atoms with E-state index in [-0.39, 0.29) is 31.0 Å². The van der Waals surface area contributed by atoms with Gasteiger partial charge in [-0.2, -0.15) is 10.1 Å². The molecule has 1 atom stereocenters. The standard InChI is InChI=1S/C26H41N9O4.ClH/c1-7-8-20(9-12-36)29-23-22-21(30-25(31-23)32-26(37)39-6)15-28-35(22)17-19-13-18(14-27-24(19)38-5)16-34(4)11-10-33(2)3;/h13-15,20,36H,7-12,16-17H2,1-6H3,(H2,29,30,31,32,37);1H/t20-;/m0./s1. The van der Waals surface area contributed by atoms with Crippen molar-refractivity contribution in [3.8, 4) is 5.88 Å². The van der Waals surface area contributed by atoms with Gasteiger partial charge in [0.1, 0.15) is 11.0 Å². The van der Waals surface area contributed by atoms with Crippen LogP contribution in [0.5, 0.6) is 5.88 Å². The molecule has 0 bridgehead atoms. The second kappa shape index (κ2) is 16.1. The van der Waals surface area contributed by atoms with Gasteiger partial charge in [0.15, 0.2) is 5.82 Å². The average molecular weight is 580 g/mol. The molecule has 0 spiro atoms. The molecule has 0 aliphatic carbocycles. The zero-order chi connectivity index (χ0) is 28.4. The van der Waals surface area contributed by atoms with Crippen LogP contribution in [0.15, 0.2) is 18.5 Å². The van der Waals surface area contributed by atoms with Crippen molar-refractivity contribution in [1.29, 1.82) is 0 Å². The fourth-order valence-electron chi connectivity index (χ4n) is 4.26. The van der Waals surface area contributed by atoms with Gasteiger partial charge in [-0.25, -0.2) is 14.8 Å². The number of nitrogens with zero attached hydrogens (tertiary/aromatic N) is 7. The number of aliphatic hydroxyl groups excluding tert-OH is 1. The van der Waals surface area contributed by atoms with E-state index in [0.717, 1.165) is 43.6 Å². The summed E-state index contributed by atoms with van der Waals surface area (Å²) in [7, 11) is 9.08. The summed E-state index contributed by atoms with van der Waals surface area (Å²) in [4.78, 5) is 29.8. The summed E-state index contributed by atoms with van der Waals surface area (Å²) in [6.45, 7) is 5.13. The molecule has 14 heteroatoms. The van der Waals surface area contributed by atoms with E-state index in [4.69, 9.17) is 9.47 Å². The summed E-state index contributed by atoms with van der Waals surface area (Å²) in [6.07, 6.45) is 5.11. The molecule has 1 amide bonds. The molecule has 0 aromatic carbocycles. The van der Waals surface area contributed by atoms with Crippen LogP contribution in [-0.2, 0) is 17.8 Å². The van der Waals surface area contributed by atoms with E-state index in [9.17, 15) is 9.90 Å². The maximum Gasteiger partial charge on any atom is 0.413 e. The summed E-state index contributed by atoms with van der Waals surface area (Å²) >= 11 is 0. The van der Waals surface area contributed by atoms with Gasteiger partial charge in [0.05, 0.1) is 27.0 Å². The van der Waals surface area contributed by atoms with Crippen LogP contribution in [-0.4, -0.2) is 107 Å². The van der Waals surface area contributed by atoms with Crippen molar-refractivity contribution in [3.05, 3.63) is 29.6 Å². The quantitative estimate of drug-likeness (QED) is 0.244. The number of carbonyl (C=O) groups excluding carboxylic acids is 1. The first kappa shape index (κ1) is 32.9. The number of rotatable bonds is 15. The molecule has 3 N–H and O–H groups in total. The highest BCUT2D eigenvalue weighted by molar-refractivity contribution is 5.89. The lowest BCUT2D eigenvalue weighted by atomic mass is 10.1. The Bertz CT molecular complexity index is 1220. The summed E-state index contributed by atoms with van der Waals surface area (Å²) < 4.78 is 12.1. The maximum atomic E-state index is 11.8. The number of anilines is 2. The number of hydrogen-bond acceptors (Lipinski definition) is 11. The summed E-state index contributed by atoms with van der Waals surface area (Å²) in [5.74, 6) is 1.11. The van der Waals surface area contributed by atoms with E-state index in [0.29, 0.717) is 35.7 Å². The molecule has 0 saturated heterocycles. The summed E-state index contributed by atoms with van der Waals surface area (Å²) in [6, 6.07) is 2.06. The van der Waals surface area contributed by atoms with Crippen LogP contribution in [0.2, 0.25) is 0 Å². The molecule has 222 valence electrons. The smallest absolute Gasteiger partial charge is 0.413 e. The number of nitrogens with one attached hydrogen (secondary N) is 2. The monoisotopic (exact) mass is 579 g/mol. The SMILES string of the molecule is CCC[C@@H](CCO)Nc1nc(NC(=O)OC)nc2cnn(Cc3cc(CN(C)CCN(C)C)cnc3OC)c12.Cl. The Labute approximate surface area is 241 Å². The van der Waals surface area contributed by atoms with E-state index >= 15 is 0 Å². The van der Waals surface area contributed by atoms with Crippen LogP contribution >= 0.6 is 12.4 Å². The zero-order valence-corrected chi connectivity index (χ0v) is 25.0. The summed E-state index contributed by atoms with van der Waals surface area (Å²) in [5.41, 5.74) is 3.14. The van der Waals surface area contributed by atoms with Crippen molar-refractivity contribution in [2.24, 2.45) is 0 Å². The number of pyridine rings is 1. The van der Waals surface area contributed by atoms with Gasteiger partial charge < -0.3 is 29.7 Å². The normalized spacial score (nSPS) is 11.9. The van der Waals surface area contributed by atoms with Crippen molar-refractivity contribution in [2.45, 2.75) is 45.3 Å². The van der Waals surface area contributed by atoms with Gasteiger partial charge in [0.2, 0.25) is 11.8 Å². The lowest BCUT2D eigenvalue weighted by molar-refractivity contribution is 0.186. The number of hydrogen-bond donors (Lipinski definition) is 3. The lowest BCUT2D eigenvalue weighted by Crippen LogP contribution is -2.28. The van der Waals surface area contributed by atoms with Crippen LogP contribution in [0.1, 0.15) is 37.3 Å². The van der Waals surface area contributed by atoms with E-state index in [1.54, 1.807) is 18.0 Å². The number of aliphatic hydroxyl groups is 1. The Morgan fingerprint density at radius 3 is 2.58 bits per heavy atom. The number of fused-ring (bicyclic) bond motifs is 1. The van der Waals surface area contributed by atoms with Crippen LogP contribution in [0.25, 0.3) is 11.0 Å². The molecule has 0 aliphatic rings. The molecular weight excluding hydrogens is 538 g/mol. The average Bonchev–Trinajstić information content (AvgIpc) is 3.30. The van der Waals surface area contributed by atoms with E-state index in [2.05, 4.69) is 74.6 Å². The predicted molar refractivity (Wildman–Crippen MR) is 157 cm³/mol. The fraction of sp³-hybridized carbons (Fsp3) is 0.577. The third-order valence-corrected chi connectivity index (χ3v) is 6.22. The number of likely N-dealkylation sites (N-methyl/N-ethyl adjacent to an activating group) is 2. The van der Waals surface area contributed by atoms with Crippen LogP contribution < -0.4 is 15.4 Å². The van der Waals surface area contributed by atoms with Gasteiger partial charge >= 0.3 is 6.09 Å². The number of carbonyl (C=O) groups is 1. The van der Waals surface area contributed by atoms with Gasteiger partial charge in [-0.15, -0.1) is 12.4 Å². The predicted octanol–water partition coefficient (Wildman–Crippen LogP) is 2.83. The minimum atomic E-state index is -0.670. The highest BCUT2D eigenvalue weighted by Crippen LogP contribution is 2.27. The highest BCUT2D eigenvalue weighted by Gasteiger charge is 2.19. The van der Waals surface area contributed by atoms with Gasteiger partial charge in [0, 0.05) is 44.0 Å². The van der Waals surface area contributed by atoms with Crippen molar-refractivity contribution < 1.29 is 19.4 Å². The largest absolute Gasteiger partial charge is 0.481 e. The first-order valence-corrected chi connectivity index (χ1v) is 13.1. The Morgan fingerprint density at radius 1 is 1.15 bits per heavy atom. The topological polar surface area (TPSA) is 143 Å². The van der Waals surface area contributed by atoms with Crippen LogP contribution in [0, 0.1) is 0 Å². The Kier molecular flexibility index (Phi) is 13.3. The number of methoxy groups -OCH3 is 2. The fourth-order valence-corrected chi connectivity index (χ4v) is 4.26. The van der Waals surface area contributed by atoms with Gasteiger partial charge in [-0.3, -0.25) is 10.00 Å². The third-order valence-electron chi connectivity index (χ3n) is 6.22. The van der Waals surface area contributed by atoms with Crippen molar-refractivity contribution >= 4 is 41.3 Å². The van der Waals surface area contributed by atoms with E-state index in [1.165, 1.54) is 7.11 Å². The van der Waals surface area contributed by atoms with Gasteiger partial charge in [-0.1, -0.05) is 13.3 Å². The first-order valence-electron chi connectivity index (χ1n) is 13.1.